The molecule has 0 aliphatic heterocycles. The molecule has 1 aliphatic carbocycles. The Kier molecular flexibility index (Phi) is 2.69. The number of rotatable bonds is 2. The van der Waals surface area contributed by atoms with Gasteiger partial charge in [0.2, 0.25) is 0 Å². The van der Waals surface area contributed by atoms with Crippen LogP contribution in [-0.2, 0) is 19.3 Å². The Morgan fingerprint density at radius 1 is 0.950 bits per heavy atom. The minimum absolute atomic E-state index is 0.777. The number of benzene rings is 1. The van der Waals surface area contributed by atoms with Gasteiger partial charge in [-0.05, 0) is 48.1 Å². The summed E-state index contributed by atoms with van der Waals surface area (Å²) in [6.07, 6.45) is 7.97. The van der Waals surface area contributed by atoms with Gasteiger partial charge in [-0.2, -0.15) is 0 Å². The normalized spacial score (nSPS) is 13.6. The molecule has 4 rings (SSSR count). The van der Waals surface area contributed by atoms with Crippen molar-refractivity contribution < 1.29 is 0 Å². The summed E-state index contributed by atoms with van der Waals surface area (Å²) in [7, 11) is 0. The van der Waals surface area contributed by atoms with Gasteiger partial charge in [-0.15, -0.1) is 0 Å². The highest BCUT2D eigenvalue weighted by Gasteiger charge is 2.12. The first kappa shape index (κ1) is 11.5. The molecule has 3 heteroatoms. The van der Waals surface area contributed by atoms with Crippen LogP contribution in [0.5, 0.6) is 0 Å². The van der Waals surface area contributed by atoms with Crippen LogP contribution in [0.15, 0.2) is 42.9 Å². The first-order chi connectivity index (χ1) is 9.90. The number of aromatic nitrogens is 3. The monoisotopic (exact) mass is 261 g/mol. The lowest BCUT2D eigenvalue weighted by Crippen LogP contribution is -1.97. The molecule has 0 radical (unpaired) electrons. The fourth-order valence-electron chi connectivity index (χ4n) is 3.02. The van der Waals surface area contributed by atoms with Crippen molar-refractivity contribution in [2.24, 2.45) is 0 Å². The average molecular weight is 261 g/mol. The molecule has 3 nitrogen and oxygen atoms in total. The van der Waals surface area contributed by atoms with Crippen molar-refractivity contribution in [1.82, 2.24) is 15.0 Å². The number of nitrogens with zero attached hydrogens (tertiary/aromatic N) is 3. The van der Waals surface area contributed by atoms with E-state index in [9.17, 15) is 0 Å². The first-order valence-corrected chi connectivity index (χ1v) is 7.05. The van der Waals surface area contributed by atoms with Gasteiger partial charge in [-0.1, -0.05) is 18.2 Å². The summed E-state index contributed by atoms with van der Waals surface area (Å²) >= 11 is 0. The summed E-state index contributed by atoms with van der Waals surface area (Å²) < 4.78 is 0. The van der Waals surface area contributed by atoms with Crippen LogP contribution < -0.4 is 0 Å². The summed E-state index contributed by atoms with van der Waals surface area (Å²) in [5.74, 6) is 0. The molecule has 3 aromatic rings. The maximum absolute atomic E-state index is 4.44. The largest absolute Gasteiger partial charge is 0.240 e. The molecule has 0 N–H and O–H groups in total. The van der Waals surface area contributed by atoms with Crippen LogP contribution in [0.25, 0.3) is 11.0 Å². The second-order valence-electron chi connectivity index (χ2n) is 5.33. The molecule has 0 atom stereocenters. The van der Waals surface area contributed by atoms with Crippen LogP contribution in [0.3, 0.4) is 0 Å². The standard InChI is InChI=1S/C17H15N3/c1-3-13-7-6-12(9-14(13)4-1)10-16-15-5-2-8-18-17(15)20-11-19-16/h2,5-9,11H,1,3-4,10H2. The molecule has 2 aromatic heterocycles. The van der Waals surface area contributed by atoms with Gasteiger partial charge in [-0.25, -0.2) is 15.0 Å². The molecule has 0 unspecified atom stereocenters. The zero-order chi connectivity index (χ0) is 13.4. The Morgan fingerprint density at radius 3 is 2.90 bits per heavy atom. The lowest BCUT2D eigenvalue weighted by Gasteiger charge is -2.06. The number of pyridine rings is 1. The fraction of sp³-hybridized carbons (Fsp3) is 0.235. The SMILES string of the molecule is c1cnc2ncnc(Cc3ccc4c(c3)CCC4)c2c1. The summed E-state index contributed by atoms with van der Waals surface area (Å²) in [6.45, 7) is 0. The van der Waals surface area contributed by atoms with Gasteiger partial charge in [0.25, 0.3) is 0 Å². The minimum Gasteiger partial charge on any atom is -0.240 e. The topological polar surface area (TPSA) is 38.7 Å². The van der Waals surface area contributed by atoms with E-state index in [2.05, 4.69) is 33.2 Å². The molecule has 98 valence electrons. The molecule has 0 amide bonds. The fourth-order valence-corrected chi connectivity index (χ4v) is 3.02. The van der Waals surface area contributed by atoms with E-state index in [0.717, 1.165) is 23.1 Å². The third kappa shape index (κ3) is 1.95. The third-order valence-corrected chi connectivity index (χ3v) is 4.03. The number of hydrogen-bond donors (Lipinski definition) is 0. The van der Waals surface area contributed by atoms with Crippen LogP contribution in [0.2, 0.25) is 0 Å². The maximum atomic E-state index is 4.44. The number of aryl methyl sites for hydroxylation is 2. The molecule has 1 aromatic carbocycles. The van der Waals surface area contributed by atoms with E-state index in [1.54, 1.807) is 12.5 Å². The zero-order valence-corrected chi connectivity index (χ0v) is 11.2. The van der Waals surface area contributed by atoms with E-state index in [1.165, 1.54) is 36.0 Å². The third-order valence-electron chi connectivity index (χ3n) is 4.03. The van der Waals surface area contributed by atoms with E-state index in [-0.39, 0.29) is 0 Å². The van der Waals surface area contributed by atoms with Crippen LogP contribution in [0, 0.1) is 0 Å². The van der Waals surface area contributed by atoms with Crippen molar-refractivity contribution in [3.8, 4) is 0 Å². The Hall–Kier alpha value is -2.29. The summed E-state index contributed by atoms with van der Waals surface area (Å²) in [6, 6.07) is 10.8. The number of fused-ring (bicyclic) bond motifs is 2. The van der Waals surface area contributed by atoms with Crippen LogP contribution in [0.4, 0.5) is 0 Å². The molecular weight excluding hydrogens is 246 g/mol. The van der Waals surface area contributed by atoms with Gasteiger partial charge in [0.05, 0.1) is 5.69 Å². The van der Waals surface area contributed by atoms with Crippen LogP contribution >= 0.6 is 0 Å². The molecule has 0 fully saturated rings. The Bertz CT molecular complexity index is 775. The Labute approximate surface area is 117 Å². The highest BCUT2D eigenvalue weighted by Crippen LogP contribution is 2.24. The van der Waals surface area contributed by atoms with Gasteiger partial charge < -0.3 is 0 Å². The maximum Gasteiger partial charge on any atom is 0.162 e. The van der Waals surface area contributed by atoms with Gasteiger partial charge >= 0.3 is 0 Å². The molecule has 0 saturated carbocycles. The molecule has 0 spiro atoms. The van der Waals surface area contributed by atoms with E-state index in [4.69, 9.17) is 0 Å². The molecule has 1 aliphatic rings. The molecule has 2 heterocycles. The summed E-state index contributed by atoms with van der Waals surface area (Å²) in [4.78, 5) is 13.0. The van der Waals surface area contributed by atoms with E-state index in [0.29, 0.717) is 0 Å². The van der Waals surface area contributed by atoms with Crippen molar-refractivity contribution >= 4 is 11.0 Å². The van der Waals surface area contributed by atoms with Gasteiger partial charge in [0.15, 0.2) is 5.65 Å². The van der Waals surface area contributed by atoms with Gasteiger partial charge in [0.1, 0.15) is 6.33 Å². The molecular formula is C17H15N3. The van der Waals surface area contributed by atoms with E-state index >= 15 is 0 Å². The predicted octanol–water partition coefficient (Wildman–Crippen LogP) is 3.10. The highest BCUT2D eigenvalue weighted by molar-refractivity contribution is 5.76. The second-order valence-corrected chi connectivity index (χ2v) is 5.33. The first-order valence-electron chi connectivity index (χ1n) is 7.05. The highest BCUT2D eigenvalue weighted by atomic mass is 14.9. The summed E-state index contributed by atoms with van der Waals surface area (Å²) in [5.41, 5.74) is 6.19. The van der Waals surface area contributed by atoms with Gasteiger partial charge in [-0.3, -0.25) is 0 Å². The smallest absolute Gasteiger partial charge is 0.162 e. The second kappa shape index (κ2) is 4.67. The molecule has 0 bridgehead atoms. The lowest BCUT2D eigenvalue weighted by atomic mass is 10.0. The van der Waals surface area contributed by atoms with Gasteiger partial charge in [0, 0.05) is 18.0 Å². The van der Waals surface area contributed by atoms with Crippen molar-refractivity contribution in [2.75, 3.05) is 0 Å². The lowest BCUT2D eigenvalue weighted by molar-refractivity contribution is 0.911. The van der Waals surface area contributed by atoms with E-state index < -0.39 is 0 Å². The summed E-state index contributed by atoms with van der Waals surface area (Å²) in [5, 5.41) is 1.05. The van der Waals surface area contributed by atoms with Crippen LogP contribution in [-0.4, -0.2) is 15.0 Å². The van der Waals surface area contributed by atoms with Crippen LogP contribution in [0.1, 0.15) is 28.8 Å². The number of hydrogen-bond acceptors (Lipinski definition) is 3. The minimum atomic E-state index is 0.777. The van der Waals surface area contributed by atoms with Crippen molar-refractivity contribution in [3.63, 3.8) is 0 Å². The van der Waals surface area contributed by atoms with Crippen molar-refractivity contribution in [2.45, 2.75) is 25.7 Å². The van der Waals surface area contributed by atoms with Crippen molar-refractivity contribution in [3.05, 3.63) is 65.2 Å². The zero-order valence-electron chi connectivity index (χ0n) is 11.2. The Morgan fingerprint density at radius 2 is 1.90 bits per heavy atom. The predicted molar refractivity (Wildman–Crippen MR) is 78.6 cm³/mol. The molecule has 20 heavy (non-hydrogen) atoms. The molecule has 0 saturated heterocycles. The average Bonchev–Trinajstić information content (AvgIpc) is 2.95. The van der Waals surface area contributed by atoms with E-state index in [1.807, 2.05) is 12.1 Å². The quantitative estimate of drug-likeness (QED) is 0.711. The van der Waals surface area contributed by atoms with Crippen molar-refractivity contribution in [1.29, 1.82) is 0 Å². The Balaban J connectivity index is 1.74.